The van der Waals surface area contributed by atoms with Crippen LogP contribution in [0.4, 0.5) is 0 Å². The molecular weight excluding hydrogens is 287 g/mol. The standard InChI is InChI=1S/C13H16BrClO/c1-9(2)3-6-12(16)7-10-4-5-11(14)8-13(10)15/h4-5,8-9H,3,6-7H2,1-2H3. The van der Waals surface area contributed by atoms with Crippen LogP contribution in [0, 0.1) is 5.92 Å². The minimum absolute atomic E-state index is 0.262. The summed E-state index contributed by atoms with van der Waals surface area (Å²) in [7, 11) is 0. The topological polar surface area (TPSA) is 17.1 Å². The zero-order valence-electron chi connectivity index (χ0n) is 9.59. The smallest absolute Gasteiger partial charge is 0.137 e. The summed E-state index contributed by atoms with van der Waals surface area (Å²) in [5.41, 5.74) is 0.915. The van der Waals surface area contributed by atoms with Crippen molar-refractivity contribution in [3.05, 3.63) is 33.3 Å². The normalized spacial score (nSPS) is 10.8. The first kappa shape index (κ1) is 13.7. The second-order valence-electron chi connectivity index (χ2n) is 4.38. The highest BCUT2D eigenvalue weighted by Crippen LogP contribution is 2.22. The molecule has 0 aromatic heterocycles. The summed E-state index contributed by atoms with van der Waals surface area (Å²) in [4.78, 5) is 11.7. The number of rotatable bonds is 5. The Morgan fingerprint density at radius 3 is 2.69 bits per heavy atom. The van der Waals surface area contributed by atoms with Gasteiger partial charge in [0.05, 0.1) is 0 Å². The molecule has 88 valence electrons. The molecular formula is C13H16BrClO. The molecule has 0 spiro atoms. The van der Waals surface area contributed by atoms with Crippen molar-refractivity contribution in [2.75, 3.05) is 0 Å². The molecule has 0 saturated heterocycles. The summed E-state index contributed by atoms with van der Waals surface area (Å²) >= 11 is 9.40. The van der Waals surface area contributed by atoms with Crippen LogP contribution in [-0.2, 0) is 11.2 Å². The van der Waals surface area contributed by atoms with E-state index < -0.39 is 0 Å². The maximum atomic E-state index is 11.7. The Hall–Kier alpha value is -0.340. The Morgan fingerprint density at radius 1 is 1.44 bits per heavy atom. The third-order valence-corrected chi connectivity index (χ3v) is 3.25. The van der Waals surface area contributed by atoms with Gasteiger partial charge in [0.25, 0.3) is 0 Å². The van der Waals surface area contributed by atoms with E-state index in [2.05, 4.69) is 29.8 Å². The summed E-state index contributed by atoms with van der Waals surface area (Å²) in [5, 5.41) is 0.660. The number of ketones is 1. The molecule has 3 heteroatoms. The van der Waals surface area contributed by atoms with Crippen LogP contribution >= 0.6 is 27.5 Å². The predicted octanol–water partition coefficient (Wildman–Crippen LogP) is 4.65. The first-order valence-corrected chi connectivity index (χ1v) is 6.61. The van der Waals surface area contributed by atoms with Gasteiger partial charge in [-0.2, -0.15) is 0 Å². The van der Waals surface area contributed by atoms with Gasteiger partial charge in [-0.25, -0.2) is 0 Å². The number of carbonyl (C=O) groups is 1. The average molecular weight is 304 g/mol. The fourth-order valence-electron chi connectivity index (χ4n) is 1.42. The SMILES string of the molecule is CC(C)CCC(=O)Cc1ccc(Br)cc1Cl. The van der Waals surface area contributed by atoms with Gasteiger partial charge in [-0.05, 0) is 30.0 Å². The molecule has 0 radical (unpaired) electrons. The van der Waals surface area contributed by atoms with Crippen LogP contribution in [0.2, 0.25) is 5.02 Å². The van der Waals surface area contributed by atoms with Crippen molar-refractivity contribution in [2.45, 2.75) is 33.1 Å². The van der Waals surface area contributed by atoms with Crippen LogP contribution in [-0.4, -0.2) is 5.78 Å². The molecule has 0 amide bonds. The van der Waals surface area contributed by atoms with E-state index in [1.807, 2.05) is 18.2 Å². The Balaban J connectivity index is 2.56. The molecule has 0 heterocycles. The van der Waals surface area contributed by atoms with Gasteiger partial charge in [0.1, 0.15) is 5.78 Å². The number of Topliss-reactive ketones (excluding diaryl/α,β-unsaturated/α-hetero) is 1. The van der Waals surface area contributed by atoms with E-state index in [0.717, 1.165) is 16.5 Å². The van der Waals surface area contributed by atoms with Gasteiger partial charge < -0.3 is 0 Å². The van der Waals surface area contributed by atoms with Crippen LogP contribution in [0.3, 0.4) is 0 Å². The molecule has 16 heavy (non-hydrogen) atoms. The molecule has 0 atom stereocenters. The number of carbonyl (C=O) groups excluding carboxylic acids is 1. The predicted molar refractivity (Wildman–Crippen MR) is 71.9 cm³/mol. The molecule has 0 saturated carbocycles. The maximum Gasteiger partial charge on any atom is 0.137 e. The van der Waals surface area contributed by atoms with Crippen LogP contribution in [0.1, 0.15) is 32.3 Å². The zero-order chi connectivity index (χ0) is 12.1. The molecule has 0 aliphatic carbocycles. The lowest BCUT2D eigenvalue weighted by molar-refractivity contribution is -0.118. The molecule has 1 aromatic carbocycles. The lowest BCUT2D eigenvalue weighted by Crippen LogP contribution is -2.04. The Bertz CT molecular complexity index is 374. The van der Waals surface area contributed by atoms with Crippen LogP contribution in [0.15, 0.2) is 22.7 Å². The van der Waals surface area contributed by atoms with Crippen LogP contribution in [0.25, 0.3) is 0 Å². The van der Waals surface area contributed by atoms with E-state index in [4.69, 9.17) is 11.6 Å². The maximum absolute atomic E-state index is 11.7. The number of hydrogen-bond acceptors (Lipinski definition) is 1. The highest BCUT2D eigenvalue weighted by molar-refractivity contribution is 9.10. The van der Waals surface area contributed by atoms with Crippen molar-refractivity contribution < 1.29 is 4.79 Å². The minimum Gasteiger partial charge on any atom is -0.299 e. The fourth-order valence-corrected chi connectivity index (χ4v) is 2.16. The van der Waals surface area contributed by atoms with E-state index >= 15 is 0 Å². The molecule has 0 aliphatic rings. The third kappa shape index (κ3) is 4.67. The fraction of sp³-hybridized carbons (Fsp3) is 0.462. The lowest BCUT2D eigenvalue weighted by Gasteiger charge is -2.06. The van der Waals surface area contributed by atoms with E-state index in [-0.39, 0.29) is 5.78 Å². The van der Waals surface area contributed by atoms with Gasteiger partial charge in [-0.1, -0.05) is 47.4 Å². The van der Waals surface area contributed by atoms with Crippen molar-refractivity contribution in [1.29, 1.82) is 0 Å². The molecule has 0 fully saturated rings. The molecule has 0 aliphatic heterocycles. The van der Waals surface area contributed by atoms with Crippen molar-refractivity contribution in [1.82, 2.24) is 0 Å². The third-order valence-electron chi connectivity index (χ3n) is 2.40. The second-order valence-corrected chi connectivity index (χ2v) is 5.71. The van der Waals surface area contributed by atoms with Crippen molar-refractivity contribution in [3.63, 3.8) is 0 Å². The summed E-state index contributed by atoms with van der Waals surface area (Å²) in [6, 6.07) is 5.64. The van der Waals surface area contributed by atoms with Gasteiger partial charge in [-0.15, -0.1) is 0 Å². The van der Waals surface area contributed by atoms with Gasteiger partial charge in [0.15, 0.2) is 0 Å². The van der Waals surface area contributed by atoms with E-state index in [1.165, 1.54) is 0 Å². The quantitative estimate of drug-likeness (QED) is 0.774. The van der Waals surface area contributed by atoms with Gasteiger partial charge in [0, 0.05) is 22.3 Å². The van der Waals surface area contributed by atoms with Crippen LogP contribution < -0.4 is 0 Å². The lowest BCUT2D eigenvalue weighted by atomic mass is 10.0. The first-order valence-electron chi connectivity index (χ1n) is 5.44. The van der Waals surface area contributed by atoms with E-state index in [0.29, 0.717) is 23.8 Å². The van der Waals surface area contributed by atoms with E-state index in [1.54, 1.807) is 0 Å². The van der Waals surface area contributed by atoms with Gasteiger partial charge in [0.2, 0.25) is 0 Å². The minimum atomic E-state index is 0.262. The highest BCUT2D eigenvalue weighted by Gasteiger charge is 2.08. The molecule has 0 bridgehead atoms. The number of hydrogen-bond donors (Lipinski definition) is 0. The Morgan fingerprint density at radius 2 is 2.12 bits per heavy atom. The van der Waals surface area contributed by atoms with Crippen molar-refractivity contribution in [3.8, 4) is 0 Å². The summed E-state index contributed by atoms with van der Waals surface area (Å²) in [6.45, 7) is 4.25. The largest absolute Gasteiger partial charge is 0.299 e. The van der Waals surface area contributed by atoms with Gasteiger partial charge >= 0.3 is 0 Å². The molecule has 0 unspecified atom stereocenters. The summed E-state index contributed by atoms with van der Waals surface area (Å²) in [6.07, 6.45) is 2.04. The molecule has 1 nitrogen and oxygen atoms in total. The van der Waals surface area contributed by atoms with Gasteiger partial charge in [-0.3, -0.25) is 4.79 Å². The first-order chi connectivity index (χ1) is 7.49. The molecule has 0 N–H and O–H groups in total. The summed E-state index contributed by atoms with van der Waals surface area (Å²) in [5.74, 6) is 0.835. The number of halogens is 2. The van der Waals surface area contributed by atoms with Crippen LogP contribution in [0.5, 0.6) is 0 Å². The average Bonchev–Trinajstić information content (AvgIpc) is 2.19. The monoisotopic (exact) mass is 302 g/mol. The Kier molecular flexibility index (Phi) is 5.50. The second kappa shape index (κ2) is 6.41. The molecule has 1 aromatic rings. The summed E-state index contributed by atoms with van der Waals surface area (Å²) < 4.78 is 0.941. The Labute approximate surface area is 110 Å². The van der Waals surface area contributed by atoms with Crippen molar-refractivity contribution >= 4 is 33.3 Å². The van der Waals surface area contributed by atoms with Crippen molar-refractivity contribution in [2.24, 2.45) is 5.92 Å². The van der Waals surface area contributed by atoms with E-state index in [9.17, 15) is 4.79 Å². The zero-order valence-corrected chi connectivity index (χ0v) is 11.9. The highest BCUT2D eigenvalue weighted by atomic mass is 79.9. The number of benzene rings is 1. The molecule has 1 rings (SSSR count).